The highest BCUT2D eigenvalue weighted by molar-refractivity contribution is 7.91. The van der Waals surface area contributed by atoms with E-state index in [1.807, 2.05) is 19.1 Å². The lowest BCUT2D eigenvalue weighted by Crippen LogP contribution is -2.62. The Labute approximate surface area is 350 Å². The Bertz CT molecular complexity index is 1960. The van der Waals surface area contributed by atoms with Crippen molar-refractivity contribution >= 4 is 45.8 Å². The molecule has 330 valence electrons. The molecule has 0 unspecified atom stereocenters. The lowest BCUT2D eigenvalue weighted by molar-refractivity contribution is -0.145. The van der Waals surface area contributed by atoms with Crippen molar-refractivity contribution in [2.24, 2.45) is 17.3 Å². The first-order chi connectivity index (χ1) is 28.4. The van der Waals surface area contributed by atoms with Crippen molar-refractivity contribution < 1.29 is 56.1 Å². The van der Waals surface area contributed by atoms with Crippen molar-refractivity contribution in [1.29, 1.82) is 0 Å². The van der Waals surface area contributed by atoms with Crippen LogP contribution in [0.5, 0.6) is 11.5 Å². The van der Waals surface area contributed by atoms with Gasteiger partial charge in [-0.15, -0.1) is 0 Å². The zero-order chi connectivity index (χ0) is 43.1. The Morgan fingerprint density at radius 3 is 2.15 bits per heavy atom. The van der Waals surface area contributed by atoms with Crippen molar-refractivity contribution in [2.75, 3.05) is 19.9 Å². The summed E-state index contributed by atoms with van der Waals surface area (Å²) < 4.78 is 49.9. The van der Waals surface area contributed by atoms with E-state index < -0.39 is 86.3 Å². The standard InChI is InChI=1S/C41H58N6O12S/c1-6-26-18-41(26,37(51)45-60(54,55)28-13-14-28)44-34(48)29-17-27(59-39(53)46-19-24-15-30-31(58-22-57-30)16-25(24)20-46)21-47(29)36(50)33(40(3,4)5)43-35(49)32(42-38(52)56-7-2)23-11-9-8-10-12-23/h15-16,23,26-29,32-33H,6-14,17-22H2,1-5H3,(H,42,52)(H,43,49)(H,44,48)(H,45,51)/t26-,27+,29-,32-,33+,41-/m0/s1. The molecule has 0 aromatic heterocycles. The maximum atomic E-state index is 14.9. The van der Waals surface area contributed by atoms with E-state index in [4.69, 9.17) is 18.9 Å². The predicted molar refractivity (Wildman–Crippen MR) is 213 cm³/mol. The van der Waals surface area contributed by atoms with E-state index in [0.29, 0.717) is 43.6 Å². The maximum Gasteiger partial charge on any atom is 0.410 e. The van der Waals surface area contributed by atoms with Crippen molar-refractivity contribution in [3.8, 4) is 11.5 Å². The monoisotopic (exact) mass is 858 g/mol. The third-order valence-electron chi connectivity index (χ3n) is 12.7. The lowest BCUT2D eigenvalue weighted by Gasteiger charge is -2.37. The fourth-order valence-electron chi connectivity index (χ4n) is 9.02. The van der Waals surface area contributed by atoms with Gasteiger partial charge in [0.1, 0.15) is 29.8 Å². The molecule has 7 rings (SSSR count). The fourth-order valence-corrected chi connectivity index (χ4v) is 10.4. The molecule has 3 aliphatic carbocycles. The van der Waals surface area contributed by atoms with Crippen LogP contribution in [0.25, 0.3) is 0 Å². The van der Waals surface area contributed by atoms with E-state index in [1.54, 1.807) is 27.7 Å². The highest BCUT2D eigenvalue weighted by atomic mass is 32.2. The number of hydrogen-bond donors (Lipinski definition) is 4. The number of nitrogens with zero attached hydrogens (tertiary/aromatic N) is 2. The summed E-state index contributed by atoms with van der Waals surface area (Å²) in [7, 11) is -3.92. The molecule has 0 spiro atoms. The summed E-state index contributed by atoms with van der Waals surface area (Å²) in [6.45, 7) is 9.28. The molecule has 19 heteroatoms. The fraction of sp³-hybridized carbons (Fsp3) is 0.707. The van der Waals surface area contributed by atoms with Crippen LogP contribution in [0, 0.1) is 17.3 Å². The minimum atomic E-state index is -3.92. The van der Waals surface area contributed by atoms with Gasteiger partial charge in [-0.1, -0.05) is 53.4 Å². The van der Waals surface area contributed by atoms with Gasteiger partial charge in [0, 0.05) is 19.5 Å². The smallest absolute Gasteiger partial charge is 0.410 e. The number of alkyl carbamates (subject to hydrolysis) is 1. The van der Waals surface area contributed by atoms with Crippen LogP contribution in [0.4, 0.5) is 9.59 Å². The van der Waals surface area contributed by atoms with Crippen molar-refractivity contribution in [3.63, 3.8) is 0 Å². The van der Waals surface area contributed by atoms with Crippen LogP contribution in [0.2, 0.25) is 0 Å². The van der Waals surface area contributed by atoms with Gasteiger partial charge in [-0.05, 0) is 79.5 Å². The third kappa shape index (κ3) is 9.10. The van der Waals surface area contributed by atoms with Gasteiger partial charge in [0.05, 0.1) is 18.4 Å². The van der Waals surface area contributed by atoms with Gasteiger partial charge in [0.15, 0.2) is 11.5 Å². The van der Waals surface area contributed by atoms with E-state index in [9.17, 15) is 37.2 Å². The molecule has 18 nitrogen and oxygen atoms in total. The van der Waals surface area contributed by atoms with Gasteiger partial charge in [-0.3, -0.25) is 28.8 Å². The summed E-state index contributed by atoms with van der Waals surface area (Å²) in [4.78, 5) is 86.3. The minimum Gasteiger partial charge on any atom is -0.454 e. The molecule has 6 atom stereocenters. The SMILES string of the molecule is CCOC(=O)N[C@H](C(=O)N[C@H](C(=O)N1C[C@H](OC(=O)N2Cc3cc4c(cc3C2)OCO4)C[C@H]1C(=O)N[C@@]1(C(=O)NS(=O)(=O)C2CC2)C[C@@H]1CC)C(C)(C)C)C1CCCCC1. The van der Waals surface area contributed by atoms with Crippen LogP contribution >= 0.6 is 0 Å². The molecule has 0 radical (unpaired) electrons. The summed E-state index contributed by atoms with van der Waals surface area (Å²) in [6.07, 6.45) is 3.22. The van der Waals surface area contributed by atoms with E-state index in [-0.39, 0.29) is 57.7 Å². The summed E-state index contributed by atoms with van der Waals surface area (Å²) >= 11 is 0. The predicted octanol–water partition coefficient (Wildman–Crippen LogP) is 2.96. The minimum absolute atomic E-state index is 0.104. The lowest BCUT2D eigenvalue weighted by atomic mass is 9.82. The average Bonchev–Trinajstić information content (AvgIpc) is 4.03. The molecular weight excluding hydrogens is 801 g/mol. The van der Waals surface area contributed by atoms with Crippen LogP contribution in [0.1, 0.15) is 110 Å². The Morgan fingerprint density at radius 1 is 0.933 bits per heavy atom. The molecule has 0 bridgehead atoms. The third-order valence-corrected chi connectivity index (χ3v) is 14.5. The van der Waals surface area contributed by atoms with Crippen molar-refractivity contribution in [2.45, 2.75) is 147 Å². The molecule has 60 heavy (non-hydrogen) atoms. The highest BCUT2D eigenvalue weighted by Crippen LogP contribution is 2.47. The quantitative estimate of drug-likeness (QED) is 0.225. The largest absolute Gasteiger partial charge is 0.454 e. The van der Waals surface area contributed by atoms with Crippen LogP contribution in [-0.4, -0.2) is 109 Å². The van der Waals surface area contributed by atoms with Crippen molar-refractivity contribution in [1.82, 2.24) is 30.5 Å². The first-order valence-corrected chi connectivity index (χ1v) is 22.8. The number of sulfonamides is 1. The number of rotatable bonds is 13. The number of amides is 6. The summed E-state index contributed by atoms with van der Waals surface area (Å²) in [5, 5.41) is 7.78. The van der Waals surface area contributed by atoms with E-state index in [0.717, 1.165) is 30.4 Å². The molecule has 3 aliphatic heterocycles. The zero-order valence-electron chi connectivity index (χ0n) is 35.0. The molecule has 1 saturated heterocycles. The number of benzene rings is 1. The first kappa shape index (κ1) is 43.3. The van der Waals surface area contributed by atoms with Crippen LogP contribution < -0.4 is 30.1 Å². The molecule has 6 amide bonds. The van der Waals surface area contributed by atoms with E-state index >= 15 is 0 Å². The molecule has 3 saturated carbocycles. The second-order valence-corrected chi connectivity index (χ2v) is 20.0. The maximum absolute atomic E-state index is 14.9. The Kier molecular flexibility index (Phi) is 12.2. The molecule has 3 heterocycles. The second-order valence-electron chi connectivity index (χ2n) is 18.1. The number of hydrogen-bond acceptors (Lipinski definition) is 12. The zero-order valence-corrected chi connectivity index (χ0v) is 35.8. The highest BCUT2D eigenvalue weighted by Gasteiger charge is 2.62. The Morgan fingerprint density at radius 2 is 1.58 bits per heavy atom. The molecule has 1 aromatic carbocycles. The van der Waals surface area contributed by atoms with Crippen LogP contribution in [0.3, 0.4) is 0 Å². The topological polar surface area (TPSA) is 228 Å². The molecule has 4 N–H and O–H groups in total. The normalized spacial score (nSPS) is 25.7. The summed E-state index contributed by atoms with van der Waals surface area (Å²) in [5.74, 6) is -2.12. The first-order valence-electron chi connectivity index (χ1n) is 21.2. The number of ether oxygens (including phenoxy) is 4. The Hall–Kier alpha value is -4.81. The Balaban J connectivity index is 1.12. The number of nitrogens with one attached hydrogen (secondary N) is 4. The molecule has 1 aromatic rings. The van der Waals surface area contributed by atoms with Crippen LogP contribution in [-0.2, 0) is 51.8 Å². The van der Waals surface area contributed by atoms with Gasteiger partial charge >= 0.3 is 12.2 Å². The van der Waals surface area contributed by atoms with Gasteiger partial charge in [0.2, 0.25) is 34.5 Å². The molecular formula is C41H58N6O12S. The average molecular weight is 859 g/mol. The van der Waals surface area contributed by atoms with Gasteiger partial charge in [-0.2, -0.15) is 0 Å². The van der Waals surface area contributed by atoms with Crippen molar-refractivity contribution in [3.05, 3.63) is 23.3 Å². The summed E-state index contributed by atoms with van der Waals surface area (Å²) in [6, 6.07) is 0.192. The van der Waals surface area contributed by atoms with E-state index in [1.165, 1.54) is 9.80 Å². The number of fused-ring (bicyclic) bond motifs is 2. The van der Waals surface area contributed by atoms with Gasteiger partial charge in [-0.25, -0.2) is 18.0 Å². The summed E-state index contributed by atoms with van der Waals surface area (Å²) in [5.41, 5.74) is -0.699. The second kappa shape index (κ2) is 16.9. The molecule has 6 aliphatic rings. The van der Waals surface area contributed by atoms with Gasteiger partial charge < -0.3 is 39.8 Å². The number of carbonyl (C=O) groups is 6. The van der Waals surface area contributed by atoms with E-state index in [2.05, 4.69) is 20.7 Å². The molecule has 4 fully saturated rings. The van der Waals surface area contributed by atoms with Gasteiger partial charge in [0.25, 0.3) is 5.91 Å². The number of likely N-dealkylation sites (tertiary alicyclic amines) is 1. The number of carbonyl (C=O) groups excluding carboxylic acids is 6. The van der Waals surface area contributed by atoms with Crippen LogP contribution in [0.15, 0.2) is 12.1 Å².